The van der Waals surface area contributed by atoms with Gasteiger partial charge in [-0.05, 0) is 56.7 Å². The van der Waals surface area contributed by atoms with Crippen molar-refractivity contribution >= 4 is 17.3 Å². The minimum absolute atomic E-state index is 0.00656. The minimum atomic E-state index is -4.60. The second-order valence-electron chi connectivity index (χ2n) is 8.35. The van der Waals surface area contributed by atoms with Gasteiger partial charge in [0.25, 0.3) is 5.91 Å². The van der Waals surface area contributed by atoms with Crippen LogP contribution in [0, 0.1) is 11.6 Å². The molecule has 0 radical (unpaired) electrons. The molecule has 2 aromatic heterocycles. The minimum Gasteiger partial charge on any atom is -0.363 e. The highest BCUT2D eigenvalue weighted by atomic mass is 19.4. The van der Waals surface area contributed by atoms with Crippen molar-refractivity contribution in [1.82, 2.24) is 14.9 Å². The van der Waals surface area contributed by atoms with Crippen molar-refractivity contribution in [3.8, 4) is 11.3 Å². The molecular formula is C26H23F5N4O. The van der Waals surface area contributed by atoms with Gasteiger partial charge >= 0.3 is 6.18 Å². The Labute approximate surface area is 204 Å². The summed E-state index contributed by atoms with van der Waals surface area (Å²) in [4.78, 5) is 22.3. The Morgan fingerprint density at radius 1 is 1.11 bits per heavy atom. The number of nitrogens with one attached hydrogen (secondary N) is 1. The van der Waals surface area contributed by atoms with Crippen LogP contribution in [-0.4, -0.2) is 33.5 Å². The van der Waals surface area contributed by atoms with E-state index >= 15 is 8.78 Å². The number of carbonyl (C=O) groups excluding carboxylic acids is 1. The van der Waals surface area contributed by atoms with Gasteiger partial charge in [0.1, 0.15) is 17.5 Å². The van der Waals surface area contributed by atoms with E-state index in [1.54, 1.807) is 17.9 Å². The van der Waals surface area contributed by atoms with Gasteiger partial charge in [-0.2, -0.15) is 13.2 Å². The van der Waals surface area contributed by atoms with Gasteiger partial charge < -0.3 is 10.2 Å². The number of halogens is 5. The van der Waals surface area contributed by atoms with E-state index in [0.717, 1.165) is 36.5 Å². The Hall–Kier alpha value is -3.82. The van der Waals surface area contributed by atoms with Gasteiger partial charge in [0.2, 0.25) is 0 Å². The van der Waals surface area contributed by atoms with E-state index in [9.17, 15) is 18.0 Å². The monoisotopic (exact) mass is 502 g/mol. The summed E-state index contributed by atoms with van der Waals surface area (Å²) >= 11 is 0. The second kappa shape index (κ2) is 9.67. The number of hydrogen-bond acceptors (Lipinski definition) is 4. The molecule has 0 unspecified atom stereocenters. The molecule has 3 aromatic rings. The molecule has 0 spiro atoms. The molecule has 1 amide bonds. The quantitative estimate of drug-likeness (QED) is 0.389. The van der Waals surface area contributed by atoms with Gasteiger partial charge in [-0.15, -0.1) is 0 Å². The first kappa shape index (κ1) is 25.3. The highest BCUT2D eigenvalue weighted by molar-refractivity contribution is 5.99. The number of carbonyl (C=O) groups is 1. The number of pyridine rings is 2. The van der Waals surface area contributed by atoms with Crippen LogP contribution in [0.25, 0.3) is 16.8 Å². The lowest BCUT2D eigenvalue weighted by Gasteiger charge is -2.19. The van der Waals surface area contributed by atoms with E-state index < -0.39 is 29.4 Å². The van der Waals surface area contributed by atoms with Gasteiger partial charge in [-0.1, -0.05) is 6.08 Å². The zero-order chi connectivity index (χ0) is 26.2. The Morgan fingerprint density at radius 3 is 2.50 bits per heavy atom. The summed E-state index contributed by atoms with van der Waals surface area (Å²) in [6.45, 7) is 5.61. The SMILES string of the molecule is C/C=C(\c1ccnc(-c2cc(F)c([C@H](C)Nc3nccc4c3CN(CC)C4=O)cc2F)c1)C(F)(F)F. The normalized spacial score (nSPS) is 14.7. The van der Waals surface area contributed by atoms with Crippen LogP contribution in [-0.2, 0) is 6.54 Å². The Balaban J connectivity index is 1.64. The van der Waals surface area contributed by atoms with Crippen LogP contribution in [0.4, 0.5) is 27.8 Å². The van der Waals surface area contributed by atoms with Gasteiger partial charge in [0.15, 0.2) is 0 Å². The number of nitrogens with zero attached hydrogens (tertiary/aromatic N) is 3. The number of aromatic nitrogens is 2. The Bertz CT molecular complexity index is 1350. The van der Waals surface area contributed by atoms with Crippen LogP contribution in [0.3, 0.4) is 0 Å². The van der Waals surface area contributed by atoms with E-state index in [2.05, 4.69) is 15.3 Å². The molecule has 0 saturated carbocycles. The van der Waals surface area contributed by atoms with Crippen LogP contribution in [0.15, 0.2) is 48.8 Å². The number of hydrogen-bond donors (Lipinski definition) is 1. The molecule has 4 rings (SSSR count). The van der Waals surface area contributed by atoms with Gasteiger partial charge in [0.05, 0.1) is 23.9 Å². The van der Waals surface area contributed by atoms with Crippen LogP contribution >= 0.6 is 0 Å². The number of alkyl halides is 3. The topological polar surface area (TPSA) is 58.1 Å². The molecule has 1 aliphatic rings. The number of fused-ring (bicyclic) bond motifs is 1. The second-order valence-corrected chi connectivity index (χ2v) is 8.35. The standard InChI is InChI=1S/C26H23F5N4O/c1-4-20(26(29,30)31)15-6-8-32-23(10-15)18-12-21(27)17(11-22(18)28)14(3)34-24-19-13-35(5-2)25(36)16(19)7-9-33-24/h4,6-12,14H,5,13H2,1-3H3,(H,33,34)/b20-4+/t14-/m0/s1. The molecule has 3 heterocycles. The van der Waals surface area contributed by atoms with Crippen molar-refractivity contribution in [3.63, 3.8) is 0 Å². The third-order valence-corrected chi connectivity index (χ3v) is 6.15. The number of amides is 1. The summed E-state index contributed by atoms with van der Waals surface area (Å²) in [6.07, 6.45) is -1.10. The zero-order valence-corrected chi connectivity index (χ0v) is 19.8. The molecule has 0 fully saturated rings. The Kier molecular flexibility index (Phi) is 6.79. The lowest BCUT2D eigenvalue weighted by atomic mass is 9.99. The first-order chi connectivity index (χ1) is 17.0. The zero-order valence-electron chi connectivity index (χ0n) is 19.8. The van der Waals surface area contributed by atoms with E-state index in [-0.39, 0.29) is 28.3 Å². The fraction of sp³-hybridized carbons (Fsp3) is 0.269. The molecule has 5 nitrogen and oxygen atoms in total. The highest BCUT2D eigenvalue weighted by Crippen LogP contribution is 2.36. The summed E-state index contributed by atoms with van der Waals surface area (Å²) in [5.41, 5.74) is -0.301. The third-order valence-electron chi connectivity index (χ3n) is 6.15. The van der Waals surface area contributed by atoms with E-state index in [1.165, 1.54) is 13.1 Å². The van der Waals surface area contributed by atoms with Crippen LogP contribution in [0.1, 0.15) is 53.9 Å². The third kappa shape index (κ3) is 4.67. The summed E-state index contributed by atoms with van der Waals surface area (Å²) in [5.74, 6) is -1.32. The summed E-state index contributed by atoms with van der Waals surface area (Å²) in [6, 6.07) is 5.05. The number of anilines is 1. The average Bonchev–Trinajstić information content (AvgIpc) is 3.16. The molecular weight excluding hydrogens is 479 g/mol. The van der Waals surface area contributed by atoms with Crippen molar-refractivity contribution in [2.45, 2.75) is 39.5 Å². The predicted octanol–water partition coefficient (Wildman–Crippen LogP) is 6.54. The maximum atomic E-state index is 15.1. The van der Waals surface area contributed by atoms with Crippen LogP contribution in [0.5, 0.6) is 0 Å². The summed E-state index contributed by atoms with van der Waals surface area (Å²) < 4.78 is 70.1. The Morgan fingerprint density at radius 2 is 1.83 bits per heavy atom. The highest BCUT2D eigenvalue weighted by Gasteiger charge is 2.34. The summed E-state index contributed by atoms with van der Waals surface area (Å²) in [7, 11) is 0. The van der Waals surface area contributed by atoms with Gasteiger partial charge in [0, 0.05) is 41.2 Å². The molecule has 1 atom stereocenters. The molecule has 188 valence electrons. The average molecular weight is 502 g/mol. The van der Waals surface area contributed by atoms with Crippen molar-refractivity contribution in [3.05, 3.63) is 82.7 Å². The first-order valence-electron chi connectivity index (χ1n) is 11.3. The fourth-order valence-electron chi connectivity index (χ4n) is 4.28. The van der Waals surface area contributed by atoms with Crippen molar-refractivity contribution in [1.29, 1.82) is 0 Å². The predicted molar refractivity (Wildman–Crippen MR) is 126 cm³/mol. The lowest BCUT2D eigenvalue weighted by Crippen LogP contribution is -2.22. The molecule has 1 N–H and O–H groups in total. The van der Waals surface area contributed by atoms with Crippen LogP contribution < -0.4 is 5.32 Å². The first-order valence-corrected chi connectivity index (χ1v) is 11.3. The van der Waals surface area contributed by atoms with Gasteiger partial charge in [-0.3, -0.25) is 9.78 Å². The molecule has 0 bridgehead atoms. The maximum absolute atomic E-state index is 15.1. The smallest absolute Gasteiger partial charge is 0.363 e. The number of benzene rings is 1. The van der Waals surface area contributed by atoms with Crippen molar-refractivity contribution in [2.75, 3.05) is 11.9 Å². The van der Waals surface area contributed by atoms with Crippen LogP contribution in [0.2, 0.25) is 0 Å². The molecule has 0 saturated heterocycles. The van der Waals surface area contributed by atoms with Crippen molar-refractivity contribution in [2.24, 2.45) is 0 Å². The summed E-state index contributed by atoms with van der Waals surface area (Å²) in [5, 5.41) is 3.05. The number of rotatable bonds is 6. The number of allylic oxidation sites excluding steroid dienone is 2. The molecule has 10 heteroatoms. The van der Waals surface area contributed by atoms with E-state index in [4.69, 9.17) is 0 Å². The molecule has 1 aliphatic heterocycles. The fourth-order valence-corrected chi connectivity index (χ4v) is 4.28. The van der Waals surface area contributed by atoms with Crippen molar-refractivity contribution < 1.29 is 26.7 Å². The maximum Gasteiger partial charge on any atom is 0.416 e. The molecule has 0 aliphatic carbocycles. The van der Waals surface area contributed by atoms with E-state index in [0.29, 0.717) is 30.0 Å². The molecule has 36 heavy (non-hydrogen) atoms. The largest absolute Gasteiger partial charge is 0.416 e. The lowest BCUT2D eigenvalue weighted by molar-refractivity contribution is -0.0689. The molecule has 1 aromatic carbocycles. The van der Waals surface area contributed by atoms with E-state index in [1.807, 2.05) is 6.92 Å². The van der Waals surface area contributed by atoms with Gasteiger partial charge in [-0.25, -0.2) is 13.8 Å².